The number of pyridine rings is 2. The Balaban J connectivity index is 1.59. The number of nitrogens with zero attached hydrogens (tertiary/aromatic N) is 5. The number of nitrogens with two attached hydrogens (primary N) is 1. The first-order chi connectivity index (χ1) is 22.2. The van der Waals surface area contributed by atoms with Gasteiger partial charge < -0.3 is 24.4 Å². The molecule has 5 rings (SSSR count). The minimum atomic E-state index is -1.29. The minimum Gasteiger partial charge on any atom is -0.497 e. The predicted molar refractivity (Wildman–Crippen MR) is 176 cm³/mol. The number of hydrogen-bond acceptors (Lipinski definition) is 11. The second kappa shape index (κ2) is 14.7. The van der Waals surface area contributed by atoms with Crippen molar-refractivity contribution in [2.24, 2.45) is 10.7 Å². The van der Waals surface area contributed by atoms with Gasteiger partial charge in [-0.25, -0.2) is 24.3 Å². The normalized spacial score (nSPS) is 17.3. The highest BCUT2D eigenvalue weighted by molar-refractivity contribution is 7.85. The standard InChI is InChI=1S/C33H38FN7O4S/c1-6-46(42)27-16-28(30(36-18-27)39-24-15-29(34)32(45-5)37-17-24)31-38-21(2)40(19-22-7-11-25(43-3)12-8-22)33(35)41(31)20-23-9-13-26(44-4)14-10-23/h7-18,31,33H,6,19-20,35H2,1-5H3,(H,36,39). The zero-order chi connectivity index (χ0) is 32.8. The van der Waals surface area contributed by atoms with Crippen molar-refractivity contribution in [2.45, 2.75) is 44.3 Å². The van der Waals surface area contributed by atoms with E-state index in [4.69, 9.17) is 24.9 Å². The molecule has 1 aliphatic rings. The lowest BCUT2D eigenvalue weighted by atomic mass is 10.1. The molecule has 2 aromatic heterocycles. The lowest BCUT2D eigenvalue weighted by molar-refractivity contribution is 0.0271. The van der Waals surface area contributed by atoms with E-state index in [2.05, 4.69) is 15.3 Å². The number of amidine groups is 1. The van der Waals surface area contributed by atoms with Crippen molar-refractivity contribution >= 4 is 28.1 Å². The van der Waals surface area contributed by atoms with Crippen molar-refractivity contribution in [3.63, 3.8) is 0 Å². The fraction of sp³-hybridized carbons (Fsp3) is 0.303. The van der Waals surface area contributed by atoms with Crippen LogP contribution in [0.15, 0.2) is 82.9 Å². The van der Waals surface area contributed by atoms with Crippen molar-refractivity contribution in [2.75, 3.05) is 32.4 Å². The zero-order valence-electron chi connectivity index (χ0n) is 26.4. The summed E-state index contributed by atoms with van der Waals surface area (Å²) in [4.78, 5) is 18.5. The molecule has 1 aliphatic heterocycles. The first kappa shape index (κ1) is 32.8. The molecule has 242 valence electrons. The van der Waals surface area contributed by atoms with Crippen LogP contribution in [0.1, 0.15) is 36.7 Å². The number of rotatable bonds is 12. The molecule has 0 saturated carbocycles. The number of hydrogen-bond donors (Lipinski definition) is 2. The van der Waals surface area contributed by atoms with Gasteiger partial charge in [0.25, 0.3) is 0 Å². The second-order valence-corrected chi connectivity index (χ2v) is 12.3. The number of aromatic nitrogens is 2. The number of anilines is 2. The van der Waals surface area contributed by atoms with Crippen LogP contribution in [0.4, 0.5) is 15.9 Å². The highest BCUT2D eigenvalue weighted by Crippen LogP contribution is 2.37. The fourth-order valence-electron chi connectivity index (χ4n) is 5.18. The smallest absolute Gasteiger partial charge is 0.250 e. The van der Waals surface area contributed by atoms with Gasteiger partial charge in [-0.05, 0) is 48.4 Å². The van der Waals surface area contributed by atoms with Gasteiger partial charge in [0.2, 0.25) is 5.88 Å². The van der Waals surface area contributed by atoms with Crippen molar-refractivity contribution in [1.82, 2.24) is 19.8 Å². The minimum absolute atomic E-state index is 0.117. The molecule has 13 heteroatoms. The van der Waals surface area contributed by atoms with E-state index < -0.39 is 29.1 Å². The summed E-state index contributed by atoms with van der Waals surface area (Å²) in [5, 5.41) is 3.19. The summed E-state index contributed by atoms with van der Waals surface area (Å²) >= 11 is 0. The summed E-state index contributed by atoms with van der Waals surface area (Å²) in [6, 6.07) is 18.7. The lowest BCUT2D eigenvalue weighted by Gasteiger charge is -2.45. The average Bonchev–Trinajstić information content (AvgIpc) is 3.08. The molecule has 0 aliphatic carbocycles. The summed E-state index contributed by atoms with van der Waals surface area (Å²) in [5.41, 5.74) is 10.1. The Morgan fingerprint density at radius 3 is 2.11 bits per heavy atom. The first-order valence-electron chi connectivity index (χ1n) is 14.7. The van der Waals surface area contributed by atoms with E-state index >= 15 is 0 Å². The number of ether oxygens (including phenoxy) is 3. The number of halogens is 1. The molecule has 0 saturated heterocycles. The maximum absolute atomic E-state index is 14.6. The summed E-state index contributed by atoms with van der Waals surface area (Å²) in [5.74, 6) is 2.30. The van der Waals surface area contributed by atoms with Gasteiger partial charge in [-0.3, -0.25) is 9.94 Å². The molecule has 4 aromatic rings. The summed E-state index contributed by atoms with van der Waals surface area (Å²) in [6.07, 6.45) is 1.77. The molecule has 3 N–H and O–H groups in total. The molecular formula is C33H38FN7O4S. The SMILES string of the molecule is CCS(=O)c1cnc(Nc2cnc(OC)c(F)c2)c(C2N=C(C)N(Cc3ccc(OC)cc3)C(N)N2Cc2ccc(OC)cc2)c1. The van der Waals surface area contributed by atoms with E-state index in [1.165, 1.54) is 19.4 Å². The summed E-state index contributed by atoms with van der Waals surface area (Å²) in [6.45, 7) is 4.69. The van der Waals surface area contributed by atoms with E-state index in [0.29, 0.717) is 46.6 Å². The van der Waals surface area contributed by atoms with Crippen LogP contribution in [0.25, 0.3) is 0 Å². The van der Waals surface area contributed by atoms with E-state index in [-0.39, 0.29) is 5.88 Å². The maximum atomic E-state index is 14.6. The van der Waals surface area contributed by atoms with Gasteiger partial charge in [0.1, 0.15) is 35.6 Å². The van der Waals surface area contributed by atoms with Gasteiger partial charge in [-0.1, -0.05) is 31.2 Å². The Morgan fingerprint density at radius 2 is 1.54 bits per heavy atom. The molecule has 3 unspecified atom stereocenters. The highest BCUT2D eigenvalue weighted by Gasteiger charge is 2.36. The molecule has 0 radical (unpaired) electrons. The lowest BCUT2D eigenvalue weighted by Crippen LogP contribution is -2.59. The molecule has 0 bridgehead atoms. The number of methoxy groups -OCH3 is 3. The zero-order valence-corrected chi connectivity index (χ0v) is 27.3. The van der Waals surface area contributed by atoms with Gasteiger partial charge in [0.15, 0.2) is 5.82 Å². The Labute approximate surface area is 270 Å². The Kier molecular flexibility index (Phi) is 10.5. The molecule has 0 amide bonds. The maximum Gasteiger partial charge on any atom is 0.250 e. The highest BCUT2D eigenvalue weighted by atomic mass is 32.2. The number of nitrogens with one attached hydrogen (secondary N) is 1. The van der Waals surface area contributed by atoms with Crippen LogP contribution in [0.2, 0.25) is 0 Å². The van der Waals surface area contributed by atoms with Gasteiger partial charge in [0, 0.05) is 36.7 Å². The van der Waals surface area contributed by atoms with Gasteiger partial charge in [0.05, 0.1) is 48.9 Å². The Bertz CT molecular complexity index is 1710. The van der Waals surface area contributed by atoms with E-state index in [1.54, 1.807) is 20.4 Å². The van der Waals surface area contributed by atoms with Crippen LogP contribution in [0.3, 0.4) is 0 Å². The number of aliphatic imine (C=N–C) groups is 1. The quantitative estimate of drug-likeness (QED) is 0.212. The van der Waals surface area contributed by atoms with Crippen molar-refractivity contribution in [3.05, 3.63) is 95.6 Å². The third-order valence-electron chi connectivity index (χ3n) is 7.69. The Morgan fingerprint density at radius 1 is 0.913 bits per heavy atom. The van der Waals surface area contributed by atoms with Crippen LogP contribution in [-0.2, 0) is 23.9 Å². The van der Waals surface area contributed by atoms with Gasteiger partial charge in [-0.15, -0.1) is 0 Å². The third kappa shape index (κ3) is 7.27. The Hall–Kier alpha value is -4.59. The van der Waals surface area contributed by atoms with Crippen molar-refractivity contribution in [3.8, 4) is 17.4 Å². The average molecular weight is 648 g/mol. The largest absolute Gasteiger partial charge is 0.497 e. The van der Waals surface area contributed by atoms with Crippen LogP contribution >= 0.6 is 0 Å². The summed E-state index contributed by atoms with van der Waals surface area (Å²) < 4.78 is 43.2. The molecular weight excluding hydrogens is 609 g/mol. The molecule has 11 nitrogen and oxygen atoms in total. The van der Waals surface area contributed by atoms with Gasteiger partial charge in [-0.2, -0.15) is 0 Å². The second-order valence-electron chi connectivity index (χ2n) is 10.5. The van der Waals surface area contributed by atoms with Crippen LogP contribution < -0.4 is 25.3 Å². The fourth-order valence-corrected chi connectivity index (χ4v) is 5.94. The molecule has 3 heterocycles. The van der Waals surface area contributed by atoms with Gasteiger partial charge >= 0.3 is 0 Å². The first-order valence-corrected chi connectivity index (χ1v) is 16.0. The van der Waals surface area contributed by atoms with Crippen LogP contribution in [0.5, 0.6) is 17.4 Å². The summed E-state index contributed by atoms with van der Waals surface area (Å²) in [7, 11) is 3.32. The van der Waals surface area contributed by atoms with Crippen molar-refractivity contribution < 1.29 is 22.8 Å². The van der Waals surface area contributed by atoms with E-state index in [9.17, 15) is 8.60 Å². The molecule has 2 aromatic carbocycles. The monoisotopic (exact) mass is 647 g/mol. The van der Waals surface area contributed by atoms with Crippen LogP contribution in [0, 0.1) is 5.82 Å². The molecule has 0 spiro atoms. The number of benzene rings is 2. The van der Waals surface area contributed by atoms with E-state index in [1.807, 2.05) is 78.2 Å². The van der Waals surface area contributed by atoms with E-state index in [0.717, 1.165) is 22.6 Å². The van der Waals surface area contributed by atoms with Crippen LogP contribution in [-0.4, -0.2) is 63.2 Å². The molecule has 0 fully saturated rings. The molecule has 3 atom stereocenters. The third-order valence-corrected chi connectivity index (χ3v) is 8.97. The van der Waals surface area contributed by atoms with Crippen molar-refractivity contribution in [1.29, 1.82) is 0 Å². The topological polar surface area (TPSA) is 127 Å². The molecule has 46 heavy (non-hydrogen) atoms. The predicted octanol–water partition coefficient (Wildman–Crippen LogP) is 5.19.